The minimum Gasteiger partial charge on any atom is -0.493 e. The monoisotopic (exact) mass is 402 g/mol. The van der Waals surface area contributed by atoms with Crippen LogP contribution in [0.4, 0.5) is 0 Å². The maximum absolute atomic E-state index is 11.4. The maximum atomic E-state index is 11.4. The number of nitrogens with one attached hydrogen (secondary N) is 1. The molecule has 3 aromatic rings. The third kappa shape index (κ3) is 4.29. The summed E-state index contributed by atoms with van der Waals surface area (Å²) in [6.07, 6.45) is 1.64. The number of hydrogen-bond acceptors (Lipinski definition) is 8. The molecule has 0 radical (unpaired) electrons. The first kappa shape index (κ1) is 19.4. The van der Waals surface area contributed by atoms with Gasteiger partial charge in [-0.1, -0.05) is 0 Å². The molecule has 0 aliphatic heterocycles. The fourth-order valence-corrected chi connectivity index (χ4v) is 2.55. The van der Waals surface area contributed by atoms with E-state index in [-0.39, 0.29) is 12.4 Å². The summed E-state index contributed by atoms with van der Waals surface area (Å²) in [6.45, 7) is 1.92. The van der Waals surface area contributed by atoms with Crippen molar-refractivity contribution in [2.45, 2.75) is 13.5 Å². The van der Waals surface area contributed by atoms with Crippen molar-refractivity contribution in [3.63, 3.8) is 0 Å². The maximum Gasteiger partial charge on any atom is 0.373 e. The van der Waals surface area contributed by atoms with Gasteiger partial charge in [0.1, 0.15) is 18.2 Å². The van der Waals surface area contributed by atoms with E-state index >= 15 is 0 Å². The summed E-state index contributed by atoms with van der Waals surface area (Å²) in [7, 11) is 2.83. The zero-order valence-corrected chi connectivity index (χ0v) is 16.3. The third-order valence-electron chi connectivity index (χ3n) is 3.74. The average Bonchev–Trinajstić information content (AvgIpc) is 3.31. The SMILES string of the molecule is COC(=O)c1ccc(COc2ccc(/C=N/n3c(C)n[nH]c3=S)cc2OC)o1. The predicted octanol–water partition coefficient (Wildman–Crippen LogP) is 3.10. The number of esters is 1. The van der Waals surface area contributed by atoms with Gasteiger partial charge in [0, 0.05) is 0 Å². The Morgan fingerprint density at radius 1 is 1.32 bits per heavy atom. The van der Waals surface area contributed by atoms with E-state index in [0.717, 1.165) is 5.56 Å². The number of carbonyl (C=O) groups is 1. The molecular weight excluding hydrogens is 384 g/mol. The third-order valence-corrected chi connectivity index (χ3v) is 4.00. The van der Waals surface area contributed by atoms with E-state index in [1.54, 1.807) is 38.4 Å². The van der Waals surface area contributed by atoms with Gasteiger partial charge in [-0.25, -0.2) is 4.79 Å². The summed E-state index contributed by atoms with van der Waals surface area (Å²) in [5.41, 5.74) is 0.790. The highest BCUT2D eigenvalue weighted by Crippen LogP contribution is 2.28. The van der Waals surface area contributed by atoms with Gasteiger partial charge in [0.2, 0.25) is 10.5 Å². The van der Waals surface area contributed by atoms with Crippen LogP contribution in [0.5, 0.6) is 11.5 Å². The normalized spacial score (nSPS) is 11.0. The minimum atomic E-state index is -0.541. The molecule has 9 nitrogen and oxygen atoms in total. The van der Waals surface area contributed by atoms with Gasteiger partial charge in [-0.2, -0.15) is 14.9 Å². The molecule has 1 aromatic carbocycles. The molecule has 0 atom stereocenters. The zero-order valence-electron chi connectivity index (χ0n) is 15.5. The number of aromatic amines is 1. The van der Waals surface area contributed by atoms with Gasteiger partial charge < -0.3 is 18.6 Å². The lowest BCUT2D eigenvalue weighted by atomic mass is 10.2. The van der Waals surface area contributed by atoms with Gasteiger partial charge in [0.25, 0.3) is 0 Å². The standard InChI is InChI=1S/C18H18N4O5S/c1-11-20-21-18(28)22(11)19-9-12-4-6-14(16(8-12)24-2)26-10-13-5-7-15(27-13)17(23)25-3/h4-9H,10H2,1-3H3,(H,21,28)/b19-9+. The highest BCUT2D eigenvalue weighted by molar-refractivity contribution is 7.71. The Labute approximate surface area is 165 Å². The van der Waals surface area contributed by atoms with Gasteiger partial charge in [-0.05, 0) is 55.0 Å². The number of aromatic nitrogens is 3. The van der Waals surface area contributed by atoms with Crippen molar-refractivity contribution >= 4 is 24.4 Å². The first-order chi connectivity index (χ1) is 13.5. The fourth-order valence-electron chi connectivity index (χ4n) is 2.33. The Bertz CT molecular complexity index is 1070. The van der Waals surface area contributed by atoms with Crippen molar-refractivity contribution in [2.75, 3.05) is 14.2 Å². The molecule has 0 aliphatic rings. The molecule has 2 aromatic heterocycles. The summed E-state index contributed by atoms with van der Waals surface area (Å²) < 4.78 is 23.0. The number of hydrogen-bond donors (Lipinski definition) is 1. The average molecular weight is 402 g/mol. The van der Waals surface area contributed by atoms with Gasteiger partial charge >= 0.3 is 5.97 Å². The summed E-state index contributed by atoms with van der Waals surface area (Å²) in [5.74, 6) is 1.76. The molecular formula is C18H18N4O5S. The van der Waals surface area contributed by atoms with Crippen molar-refractivity contribution in [3.8, 4) is 11.5 Å². The number of benzene rings is 1. The zero-order chi connectivity index (χ0) is 20.1. The first-order valence-corrected chi connectivity index (χ1v) is 8.59. The molecule has 3 rings (SSSR count). The second-order valence-corrected chi connectivity index (χ2v) is 5.98. The number of ether oxygens (including phenoxy) is 3. The van der Waals surface area contributed by atoms with Gasteiger partial charge in [0.05, 0.1) is 20.4 Å². The van der Waals surface area contributed by atoms with Crippen LogP contribution in [-0.2, 0) is 11.3 Å². The lowest BCUT2D eigenvalue weighted by molar-refractivity contribution is 0.0561. The van der Waals surface area contributed by atoms with Crippen LogP contribution in [0, 0.1) is 11.7 Å². The number of aryl methyl sites for hydroxylation is 1. The van der Waals surface area contributed by atoms with Crippen molar-refractivity contribution in [3.05, 3.63) is 58.0 Å². The largest absolute Gasteiger partial charge is 0.493 e. The number of rotatable bonds is 7. The number of furan rings is 1. The second kappa shape index (κ2) is 8.53. The predicted molar refractivity (Wildman–Crippen MR) is 103 cm³/mol. The number of nitrogens with zero attached hydrogens (tertiary/aromatic N) is 3. The van der Waals surface area contributed by atoms with E-state index in [0.29, 0.717) is 27.9 Å². The van der Waals surface area contributed by atoms with Crippen LogP contribution in [0.2, 0.25) is 0 Å². The molecule has 0 bridgehead atoms. The molecule has 1 N–H and O–H groups in total. The van der Waals surface area contributed by atoms with Crippen molar-refractivity contribution in [1.29, 1.82) is 0 Å². The van der Waals surface area contributed by atoms with E-state index in [1.807, 2.05) is 6.07 Å². The van der Waals surface area contributed by atoms with Crippen LogP contribution in [0.1, 0.15) is 27.7 Å². The smallest absolute Gasteiger partial charge is 0.373 e. The van der Waals surface area contributed by atoms with Gasteiger partial charge in [-0.15, -0.1) is 0 Å². The molecule has 0 fully saturated rings. The summed E-state index contributed by atoms with van der Waals surface area (Å²) >= 11 is 5.11. The van der Waals surface area contributed by atoms with Crippen LogP contribution < -0.4 is 9.47 Å². The second-order valence-electron chi connectivity index (χ2n) is 5.59. The van der Waals surface area contributed by atoms with Crippen LogP contribution in [0.15, 0.2) is 39.9 Å². The number of H-pyrrole nitrogens is 1. The molecule has 28 heavy (non-hydrogen) atoms. The van der Waals surface area contributed by atoms with Crippen LogP contribution in [-0.4, -0.2) is 41.3 Å². The molecule has 146 valence electrons. The van der Waals surface area contributed by atoms with E-state index in [4.69, 9.17) is 26.1 Å². The topological polar surface area (TPSA) is 104 Å². The highest BCUT2D eigenvalue weighted by atomic mass is 32.1. The Morgan fingerprint density at radius 2 is 2.14 bits per heavy atom. The Balaban J connectivity index is 1.72. The molecule has 10 heteroatoms. The highest BCUT2D eigenvalue weighted by Gasteiger charge is 2.12. The van der Waals surface area contributed by atoms with E-state index in [2.05, 4.69) is 20.0 Å². The van der Waals surface area contributed by atoms with Crippen molar-refractivity contribution in [2.24, 2.45) is 5.10 Å². The molecule has 0 amide bonds. The summed E-state index contributed by atoms with van der Waals surface area (Å²) in [4.78, 5) is 11.4. The van der Waals surface area contributed by atoms with Gasteiger partial charge in [0.15, 0.2) is 11.5 Å². The lowest BCUT2D eigenvalue weighted by Gasteiger charge is -2.10. The van der Waals surface area contributed by atoms with Crippen LogP contribution >= 0.6 is 12.2 Å². The molecule has 0 aliphatic carbocycles. The van der Waals surface area contributed by atoms with Crippen molar-refractivity contribution in [1.82, 2.24) is 14.9 Å². The van der Waals surface area contributed by atoms with E-state index in [9.17, 15) is 4.79 Å². The number of methoxy groups -OCH3 is 2. The minimum absolute atomic E-state index is 0.118. The quantitative estimate of drug-likeness (QED) is 0.368. The Morgan fingerprint density at radius 3 is 2.82 bits per heavy atom. The van der Waals surface area contributed by atoms with Crippen molar-refractivity contribution < 1.29 is 23.4 Å². The fraction of sp³-hybridized carbons (Fsp3) is 0.222. The molecule has 0 saturated heterocycles. The van der Waals surface area contributed by atoms with Crippen LogP contribution in [0.25, 0.3) is 0 Å². The van der Waals surface area contributed by atoms with E-state index in [1.165, 1.54) is 17.9 Å². The molecule has 0 spiro atoms. The molecule has 0 unspecified atom stereocenters. The van der Waals surface area contributed by atoms with E-state index < -0.39 is 5.97 Å². The Hall–Kier alpha value is -3.40. The Kier molecular flexibility index (Phi) is 5.90. The van der Waals surface area contributed by atoms with Gasteiger partial charge in [-0.3, -0.25) is 5.10 Å². The molecule has 2 heterocycles. The summed E-state index contributed by atoms with van der Waals surface area (Å²) in [6, 6.07) is 8.54. The number of carbonyl (C=O) groups excluding carboxylic acids is 1. The lowest BCUT2D eigenvalue weighted by Crippen LogP contribution is -2.00. The van der Waals surface area contributed by atoms with Crippen LogP contribution in [0.3, 0.4) is 0 Å². The molecule has 0 saturated carbocycles. The summed E-state index contributed by atoms with van der Waals surface area (Å²) in [5, 5.41) is 11.0. The first-order valence-electron chi connectivity index (χ1n) is 8.18.